The standard InChI is InChI=1S/C13H13N3O2/c14-10-4-5-16(13(10)18)12-3-1-2-11-9(12)6-8(17)7-15-11/h1-3,6-7,10,17H,4-5,14H2. The zero-order valence-corrected chi connectivity index (χ0v) is 9.71. The molecular weight excluding hydrogens is 230 g/mol. The summed E-state index contributed by atoms with van der Waals surface area (Å²) in [5, 5.41) is 10.3. The van der Waals surface area contributed by atoms with Crippen LogP contribution in [0.5, 0.6) is 5.75 Å². The van der Waals surface area contributed by atoms with E-state index in [1.54, 1.807) is 11.0 Å². The number of carbonyl (C=O) groups excluding carboxylic acids is 1. The Morgan fingerprint density at radius 2 is 2.28 bits per heavy atom. The van der Waals surface area contributed by atoms with Gasteiger partial charge in [-0.15, -0.1) is 0 Å². The summed E-state index contributed by atoms with van der Waals surface area (Å²) in [4.78, 5) is 17.8. The lowest BCUT2D eigenvalue weighted by Gasteiger charge is -2.18. The molecule has 0 radical (unpaired) electrons. The number of amides is 1. The predicted octanol–water partition coefficient (Wildman–Crippen LogP) is 1.00. The van der Waals surface area contributed by atoms with Crippen LogP contribution in [-0.4, -0.2) is 28.6 Å². The summed E-state index contributed by atoms with van der Waals surface area (Å²) in [6, 6.07) is 6.73. The highest BCUT2D eigenvalue weighted by Gasteiger charge is 2.30. The lowest BCUT2D eigenvalue weighted by atomic mass is 10.1. The number of carbonyl (C=O) groups is 1. The number of anilines is 1. The summed E-state index contributed by atoms with van der Waals surface area (Å²) in [6.07, 6.45) is 2.05. The van der Waals surface area contributed by atoms with Crippen LogP contribution in [0.3, 0.4) is 0 Å². The van der Waals surface area contributed by atoms with Gasteiger partial charge >= 0.3 is 0 Å². The average Bonchev–Trinajstić information content (AvgIpc) is 2.69. The van der Waals surface area contributed by atoms with E-state index in [2.05, 4.69) is 4.98 Å². The van der Waals surface area contributed by atoms with Crippen LogP contribution in [0.15, 0.2) is 30.5 Å². The van der Waals surface area contributed by atoms with Gasteiger partial charge in [-0.1, -0.05) is 6.07 Å². The van der Waals surface area contributed by atoms with Crippen LogP contribution >= 0.6 is 0 Å². The van der Waals surface area contributed by atoms with E-state index in [0.717, 1.165) is 16.6 Å². The Bertz CT molecular complexity index is 627. The summed E-state index contributed by atoms with van der Waals surface area (Å²) in [6.45, 7) is 0.606. The summed E-state index contributed by atoms with van der Waals surface area (Å²) >= 11 is 0. The van der Waals surface area contributed by atoms with Crippen molar-refractivity contribution >= 4 is 22.5 Å². The van der Waals surface area contributed by atoms with Gasteiger partial charge in [0.1, 0.15) is 5.75 Å². The van der Waals surface area contributed by atoms with Gasteiger partial charge in [-0.2, -0.15) is 0 Å². The molecule has 1 amide bonds. The zero-order valence-electron chi connectivity index (χ0n) is 9.71. The highest BCUT2D eigenvalue weighted by atomic mass is 16.3. The predicted molar refractivity (Wildman–Crippen MR) is 68.4 cm³/mol. The summed E-state index contributed by atoms with van der Waals surface area (Å²) < 4.78 is 0. The molecule has 5 nitrogen and oxygen atoms in total. The van der Waals surface area contributed by atoms with Gasteiger partial charge in [0.15, 0.2) is 0 Å². The second kappa shape index (κ2) is 3.96. The van der Waals surface area contributed by atoms with Gasteiger partial charge in [0.25, 0.3) is 0 Å². The minimum Gasteiger partial charge on any atom is -0.506 e. The molecule has 1 aliphatic heterocycles. The van der Waals surface area contributed by atoms with Gasteiger partial charge in [-0.25, -0.2) is 0 Å². The number of aromatic hydroxyl groups is 1. The van der Waals surface area contributed by atoms with Crippen molar-refractivity contribution in [1.82, 2.24) is 4.98 Å². The molecule has 1 aliphatic rings. The van der Waals surface area contributed by atoms with Crippen molar-refractivity contribution in [3.05, 3.63) is 30.5 Å². The Hall–Kier alpha value is -2.14. The second-order valence-electron chi connectivity index (χ2n) is 4.42. The van der Waals surface area contributed by atoms with Crippen molar-refractivity contribution in [2.24, 2.45) is 5.73 Å². The first-order chi connectivity index (χ1) is 8.66. The molecule has 1 saturated heterocycles. The van der Waals surface area contributed by atoms with Crippen molar-refractivity contribution < 1.29 is 9.90 Å². The molecule has 5 heteroatoms. The van der Waals surface area contributed by atoms with E-state index in [-0.39, 0.29) is 11.7 Å². The van der Waals surface area contributed by atoms with E-state index in [1.165, 1.54) is 6.20 Å². The van der Waals surface area contributed by atoms with Crippen molar-refractivity contribution in [3.63, 3.8) is 0 Å². The number of hydrogen-bond donors (Lipinski definition) is 2. The molecule has 1 aromatic carbocycles. The fourth-order valence-electron chi connectivity index (χ4n) is 2.30. The van der Waals surface area contributed by atoms with Gasteiger partial charge in [-0.3, -0.25) is 9.78 Å². The summed E-state index contributed by atoms with van der Waals surface area (Å²) in [5.74, 6) is 0.0109. The zero-order chi connectivity index (χ0) is 12.7. The number of aromatic nitrogens is 1. The minimum absolute atomic E-state index is 0.0779. The van der Waals surface area contributed by atoms with Gasteiger partial charge in [0.2, 0.25) is 5.91 Å². The van der Waals surface area contributed by atoms with E-state index in [4.69, 9.17) is 5.73 Å². The summed E-state index contributed by atoms with van der Waals surface area (Å²) in [7, 11) is 0. The molecule has 1 unspecified atom stereocenters. The van der Waals surface area contributed by atoms with E-state index < -0.39 is 6.04 Å². The summed E-state index contributed by atoms with van der Waals surface area (Å²) in [5.41, 5.74) is 7.23. The number of pyridine rings is 1. The fraction of sp³-hybridized carbons (Fsp3) is 0.231. The monoisotopic (exact) mass is 243 g/mol. The maximum absolute atomic E-state index is 12.0. The van der Waals surface area contributed by atoms with E-state index >= 15 is 0 Å². The van der Waals surface area contributed by atoms with Crippen LogP contribution in [0.25, 0.3) is 10.9 Å². The molecule has 2 heterocycles. The molecule has 3 N–H and O–H groups in total. The molecule has 0 bridgehead atoms. The number of benzene rings is 1. The van der Waals surface area contributed by atoms with Crippen molar-refractivity contribution in [2.45, 2.75) is 12.5 Å². The van der Waals surface area contributed by atoms with Crippen molar-refractivity contribution in [3.8, 4) is 5.75 Å². The third kappa shape index (κ3) is 1.60. The average molecular weight is 243 g/mol. The third-order valence-electron chi connectivity index (χ3n) is 3.23. The normalized spacial score (nSPS) is 19.7. The second-order valence-corrected chi connectivity index (χ2v) is 4.42. The highest BCUT2D eigenvalue weighted by molar-refractivity contribution is 6.06. The first kappa shape index (κ1) is 11.0. The maximum Gasteiger partial charge on any atom is 0.243 e. The minimum atomic E-state index is -0.425. The van der Waals surface area contributed by atoms with Gasteiger partial charge in [0.05, 0.1) is 23.4 Å². The lowest BCUT2D eigenvalue weighted by molar-refractivity contribution is -0.118. The molecule has 0 aliphatic carbocycles. The van der Waals surface area contributed by atoms with Crippen LogP contribution in [0.2, 0.25) is 0 Å². The molecule has 1 fully saturated rings. The van der Waals surface area contributed by atoms with Crippen LogP contribution in [-0.2, 0) is 4.79 Å². The molecule has 1 aromatic heterocycles. The third-order valence-corrected chi connectivity index (χ3v) is 3.23. The number of rotatable bonds is 1. The Morgan fingerprint density at radius 3 is 3.00 bits per heavy atom. The van der Waals surface area contributed by atoms with E-state index in [1.807, 2.05) is 18.2 Å². The SMILES string of the molecule is NC1CCN(c2cccc3ncc(O)cc23)C1=O. The molecule has 1 atom stereocenters. The Balaban J connectivity index is 2.17. The number of hydrogen-bond acceptors (Lipinski definition) is 4. The van der Waals surface area contributed by atoms with Gasteiger partial charge in [0, 0.05) is 11.9 Å². The quantitative estimate of drug-likeness (QED) is 0.783. The molecule has 0 spiro atoms. The topological polar surface area (TPSA) is 79.4 Å². The molecule has 3 rings (SSSR count). The Morgan fingerprint density at radius 1 is 1.44 bits per heavy atom. The Kier molecular flexibility index (Phi) is 2.41. The highest BCUT2D eigenvalue weighted by Crippen LogP contribution is 2.30. The van der Waals surface area contributed by atoms with Crippen LogP contribution in [0, 0.1) is 0 Å². The first-order valence-electron chi connectivity index (χ1n) is 5.81. The van der Waals surface area contributed by atoms with E-state index in [0.29, 0.717) is 13.0 Å². The van der Waals surface area contributed by atoms with Crippen LogP contribution in [0.4, 0.5) is 5.69 Å². The molecule has 92 valence electrons. The molecule has 0 saturated carbocycles. The first-order valence-corrected chi connectivity index (χ1v) is 5.81. The fourth-order valence-corrected chi connectivity index (χ4v) is 2.30. The number of nitrogens with zero attached hydrogens (tertiary/aromatic N) is 2. The molecular formula is C13H13N3O2. The molecule has 2 aromatic rings. The maximum atomic E-state index is 12.0. The van der Waals surface area contributed by atoms with E-state index in [9.17, 15) is 9.90 Å². The van der Waals surface area contributed by atoms with Crippen molar-refractivity contribution in [2.75, 3.05) is 11.4 Å². The largest absolute Gasteiger partial charge is 0.506 e. The van der Waals surface area contributed by atoms with Crippen molar-refractivity contribution in [1.29, 1.82) is 0 Å². The van der Waals surface area contributed by atoms with Gasteiger partial charge < -0.3 is 15.7 Å². The van der Waals surface area contributed by atoms with Crippen LogP contribution in [0.1, 0.15) is 6.42 Å². The number of fused-ring (bicyclic) bond motifs is 1. The Labute approximate surface area is 104 Å². The van der Waals surface area contributed by atoms with Gasteiger partial charge in [-0.05, 0) is 24.6 Å². The number of nitrogens with two attached hydrogens (primary N) is 1. The van der Waals surface area contributed by atoms with Crippen LogP contribution < -0.4 is 10.6 Å². The lowest BCUT2D eigenvalue weighted by Crippen LogP contribution is -2.34. The molecule has 18 heavy (non-hydrogen) atoms. The smallest absolute Gasteiger partial charge is 0.243 e.